The van der Waals surface area contributed by atoms with Crippen molar-refractivity contribution in [3.05, 3.63) is 107 Å². The monoisotopic (exact) mass is 612 g/mol. The van der Waals surface area contributed by atoms with Crippen molar-refractivity contribution in [2.24, 2.45) is 0 Å². The highest BCUT2D eigenvalue weighted by atomic mass is 35.5. The minimum absolute atomic E-state index is 0.325. The summed E-state index contributed by atoms with van der Waals surface area (Å²) < 4.78 is 7.81. The van der Waals surface area contributed by atoms with Crippen LogP contribution < -0.4 is 4.74 Å². The van der Waals surface area contributed by atoms with Crippen molar-refractivity contribution < 1.29 is 14.7 Å². The molecule has 0 saturated carbocycles. The third-order valence-electron chi connectivity index (χ3n) is 6.84. The Balaban J connectivity index is 1.40. The van der Waals surface area contributed by atoms with Gasteiger partial charge in [-0.25, -0.2) is 14.7 Å². The molecule has 1 atom stereocenters. The number of benzene rings is 3. The highest BCUT2D eigenvalue weighted by Gasteiger charge is 2.19. The van der Waals surface area contributed by atoms with Crippen LogP contribution in [0.2, 0.25) is 5.02 Å². The highest BCUT2D eigenvalue weighted by molar-refractivity contribution is 6.30. The Kier molecular flexibility index (Phi) is 9.96. The first-order chi connectivity index (χ1) is 20.9. The van der Waals surface area contributed by atoms with Gasteiger partial charge in [-0.2, -0.15) is 5.10 Å². The fourth-order valence-electron chi connectivity index (χ4n) is 4.54. The summed E-state index contributed by atoms with van der Waals surface area (Å²) in [7, 11) is 0. The summed E-state index contributed by atoms with van der Waals surface area (Å²) in [6.45, 7) is 2.38. The molecule has 5 aromatic rings. The number of amides is 1. The summed E-state index contributed by atoms with van der Waals surface area (Å²) in [4.78, 5) is 16.7. The van der Waals surface area contributed by atoms with E-state index in [4.69, 9.17) is 33.0 Å². The molecule has 0 spiro atoms. The van der Waals surface area contributed by atoms with Crippen LogP contribution in [0.1, 0.15) is 37.6 Å². The van der Waals surface area contributed by atoms with Gasteiger partial charge in [-0.15, -0.1) is 11.6 Å². The molecule has 2 aromatic heterocycles. The van der Waals surface area contributed by atoms with E-state index in [9.17, 15) is 10.0 Å². The Bertz CT molecular complexity index is 1760. The van der Waals surface area contributed by atoms with Crippen LogP contribution in [0.15, 0.2) is 91.0 Å². The maximum Gasteiger partial charge on any atom is 0.262 e. The van der Waals surface area contributed by atoms with E-state index in [1.807, 2.05) is 97.9 Å². The van der Waals surface area contributed by atoms with Crippen LogP contribution in [-0.2, 0) is 11.4 Å². The Hall–Kier alpha value is -4.35. The second-order valence-corrected chi connectivity index (χ2v) is 10.6. The Morgan fingerprint density at radius 3 is 2.56 bits per heavy atom. The number of aromatic nitrogens is 3. The maximum atomic E-state index is 12.0. The number of hydroxylamine groups is 2. The summed E-state index contributed by atoms with van der Waals surface area (Å²) in [5, 5.41) is 17.5. The van der Waals surface area contributed by atoms with E-state index in [0.29, 0.717) is 34.6 Å². The molecule has 0 radical (unpaired) electrons. The number of nitrogens with zero attached hydrogens (tertiary/aromatic N) is 4. The largest absolute Gasteiger partial charge is 0.487 e. The van der Waals surface area contributed by atoms with Crippen LogP contribution in [0.25, 0.3) is 27.8 Å². The van der Waals surface area contributed by atoms with E-state index in [2.05, 4.69) is 16.8 Å². The van der Waals surface area contributed by atoms with Gasteiger partial charge < -0.3 is 4.74 Å². The lowest BCUT2D eigenvalue weighted by Crippen LogP contribution is -2.37. The molecule has 0 aliphatic rings. The molecule has 3 aromatic carbocycles. The van der Waals surface area contributed by atoms with Crippen LogP contribution >= 0.6 is 23.2 Å². The summed E-state index contributed by atoms with van der Waals surface area (Å²) in [6.07, 6.45) is 2.21. The van der Waals surface area contributed by atoms with Gasteiger partial charge in [-0.1, -0.05) is 73.7 Å². The number of pyridine rings is 1. The van der Waals surface area contributed by atoms with Gasteiger partial charge >= 0.3 is 0 Å². The molecule has 1 amide bonds. The number of hydrogen-bond donors (Lipinski definition) is 1. The molecule has 7 nitrogen and oxygen atoms in total. The van der Waals surface area contributed by atoms with Crippen molar-refractivity contribution >= 4 is 40.0 Å². The molecule has 2 heterocycles. The summed E-state index contributed by atoms with van der Waals surface area (Å²) in [5.41, 5.74) is 4.77. The zero-order valence-electron chi connectivity index (χ0n) is 23.6. The van der Waals surface area contributed by atoms with Gasteiger partial charge in [0.1, 0.15) is 30.0 Å². The van der Waals surface area contributed by atoms with Gasteiger partial charge in [0.05, 0.1) is 22.6 Å². The third kappa shape index (κ3) is 7.54. The highest BCUT2D eigenvalue weighted by Crippen LogP contribution is 2.27. The first-order valence-electron chi connectivity index (χ1n) is 14.0. The first kappa shape index (κ1) is 30.1. The lowest BCUT2D eigenvalue weighted by Gasteiger charge is -2.20. The van der Waals surface area contributed by atoms with Gasteiger partial charge in [0.15, 0.2) is 0 Å². The van der Waals surface area contributed by atoms with Crippen LogP contribution in [0, 0.1) is 11.8 Å². The van der Waals surface area contributed by atoms with E-state index < -0.39 is 11.9 Å². The number of rotatable bonds is 10. The standard InChI is InChI=1S/C34H30Cl2N4O3/c1-2-3-7-30(40(42)34(41)22-35)16-15-27-21-33(25-9-12-26(36)13-10-25)39(38-27)29-17-19-31(20-18-29)43-23-28-14-11-24-6-4-5-8-32(24)37-28/h4-6,8-14,17-21,30,42H,2-3,7,22-23H2,1H3. The topological polar surface area (TPSA) is 80.5 Å². The molecule has 0 saturated heterocycles. The lowest BCUT2D eigenvalue weighted by molar-refractivity contribution is -0.168. The van der Waals surface area contributed by atoms with Gasteiger partial charge in [0, 0.05) is 22.0 Å². The average molecular weight is 614 g/mol. The number of carbonyl (C=O) groups excluding carboxylic acids is 1. The molecule has 0 aliphatic heterocycles. The molecule has 1 N–H and O–H groups in total. The molecule has 0 aliphatic carbocycles. The number of carbonyl (C=O) groups is 1. The first-order valence-corrected chi connectivity index (χ1v) is 14.9. The molecule has 218 valence electrons. The van der Waals surface area contributed by atoms with Crippen molar-refractivity contribution in [1.29, 1.82) is 0 Å². The van der Waals surface area contributed by atoms with Crippen LogP contribution in [-0.4, -0.2) is 42.9 Å². The number of unbranched alkanes of at least 4 members (excludes halogenated alkanes) is 1. The van der Waals surface area contributed by atoms with Gasteiger partial charge in [-0.05, 0) is 60.9 Å². The summed E-state index contributed by atoms with van der Waals surface area (Å²) in [6, 6.07) is 28.3. The minimum atomic E-state index is -0.691. The average Bonchev–Trinajstić information content (AvgIpc) is 3.47. The van der Waals surface area contributed by atoms with Gasteiger partial charge in [0.2, 0.25) is 0 Å². The number of fused-ring (bicyclic) bond motifs is 1. The number of hydrogen-bond acceptors (Lipinski definition) is 5. The van der Waals surface area contributed by atoms with E-state index in [-0.39, 0.29) is 5.88 Å². The van der Waals surface area contributed by atoms with Crippen molar-refractivity contribution in [1.82, 2.24) is 19.8 Å². The lowest BCUT2D eigenvalue weighted by atomic mass is 10.1. The zero-order chi connectivity index (χ0) is 30.2. The molecular formula is C34H30Cl2N4O3. The second kappa shape index (κ2) is 14.2. The summed E-state index contributed by atoms with van der Waals surface area (Å²) >= 11 is 11.8. The predicted octanol–water partition coefficient (Wildman–Crippen LogP) is 7.69. The van der Waals surface area contributed by atoms with Crippen molar-refractivity contribution in [3.8, 4) is 34.5 Å². The van der Waals surface area contributed by atoms with Gasteiger partial charge in [0.25, 0.3) is 5.91 Å². The molecule has 0 bridgehead atoms. The van der Waals surface area contributed by atoms with E-state index >= 15 is 0 Å². The Morgan fingerprint density at radius 1 is 1.05 bits per heavy atom. The maximum absolute atomic E-state index is 12.0. The van der Waals surface area contributed by atoms with Crippen molar-refractivity contribution in [2.45, 2.75) is 38.8 Å². The van der Waals surface area contributed by atoms with E-state index in [1.165, 1.54) is 0 Å². The smallest absolute Gasteiger partial charge is 0.262 e. The molecular weight excluding hydrogens is 583 g/mol. The zero-order valence-corrected chi connectivity index (χ0v) is 25.1. The SMILES string of the molecule is CCCCC(C#Cc1cc(-c2ccc(Cl)cc2)n(-c2ccc(OCc3ccc4ccccc4n3)cc2)n1)N(O)C(=O)CCl. The second-order valence-electron chi connectivity index (χ2n) is 9.91. The third-order valence-corrected chi connectivity index (χ3v) is 7.32. The molecule has 1 unspecified atom stereocenters. The molecule has 5 rings (SSSR count). The van der Waals surface area contributed by atoms with Crippen LogP contribution in [0.5, 0.6) is 5.75 Å². The molecule has 9 heteroatoms. The normalized spacial score (nSPS) is 11.5. The van der Waals surface area contributed by atoms with E-state index in [0.717, 1.165) is 46.4 Å². The van der Waals surface area contributed by atoms with Crippen LogP contribution in [0.3, 0.4) is 0 Å². The molecule has 0 fully saturated rings. The molecule has 43 heavy (non-hydrogen) atoms. The van der Waals surface area contributed by atoms with Crippen molar-refractivity contribution in [3.63, 3.8) is 0 Å². The Labute approximate surface area is 260 Å². The van der Waals surface area contributed by atoms with Crippen LogP contribution in [0.4, 0.5) is 0 Å². The number of para-hydroxylation sites is 1. The number of ether oxygens (including phenoxy) is 1. The fourth-order valence-corrected chi connectivity index (χ4v) is 4.79. The number of alkyl halides is 1. The Morgan fingerprint density at radius 2 is 1.81 bits per heavy atom. The quantitative estimate of drug-likeness (QED) is 0.0756. The minimum Gasteiger partial charge on any atom is -0.487 e. The summed E-state index contributed by atoms with van der Waals surface area (Å²) in [5.74, 6) is 5.85. The fraction of sp³-hybridized carbons (Fsp3) is 0.206. The van der Waals surface area contributed by atoms with E-state index in [1.54, 1.807) is 4.68 Å². The van der Waals surface area contributed by atoms with Crippen molar-refractivity contribution in [2.75, 3.05) is 5.88 Å². The predicted molar refractivity (Wildman–Crippen MR) is 170 cm³/mol. The van der Waals surface area contributed by atoms with Gasteiger partial charge in [-0.3, -0.25) is 10.0 Å². The number of halogens is 2.